The largest absolute Gasteiger partial charge is 0.387 e. The molecule has 4 heteroatoms. The van der Waals surface area contributed by atoms with Crippen LogP contribution in [-0.4, -0.2) is 24.0 Å². The summed E-state index contributed by atoms with van der Waals surface area (Å²) in [5, 5.41) is 5.81. The van der Waals surface area contributed by atoms with E-state index < -0.39 is 0 Å². The summed E-state index contributed by atoms with van der Waals surface area (Å²) < 4.78 is 0. The number of rotatable bonds is 4. The Morgan fingerprint density at radius 3 is 2.73 bits per heavy atom. The molecule has 1 rings (SSSR count). The quantitative estimate of drug-likeness (QED) is 0.789. The van der Waals surface area contributed by atoms with Crippen LogP contribution < -0.4 is 10.6 Å². The summed E-state index contributed by atoms with van der Waals surface area (Å²) in [6.45, 7) is 4.00. The number of carbonyl (C=O) groups is 1. The molecule has 0 saturated heterocycles. The van der Waals surface area contributed by atoms with Gasteiger partial charge in [0.25, 0.3) is 5.91 Å². The van der Waals surface area contributed by atoms with E-state index in [1.165, 1.54) is 0 Å². The van der Waals surface area contributed by atoms with Gasteiger partial charge in [0.2, 0.25) is 0 Å². The zero-order chi connectivity index (χ0) is 11.3. The number of pyridine rings is 1. The number of aromatic nitrogens is 1. The van der Waals surface area contributed by atoms with Gasteiger partial charge in [-0.15, -0.1) is 0 Å². The maximum atomic E-state index is 11.6. The summed E-state index contributed by atoms with van der Waals surface area (Å²) in [6.07, 6.45) is 2.56. The summed E-state index contributed by atoms with van der Waals surface area (Å²) >= 11 is 0. The van der Waals surface area contributed by atoms with Crippen molar-refractivity contribution < 1.29 is 4.79 Å². The number of anilines is 1. The van der Waals surface area contributed by atoms with Crippen molar-refractivity contribution in [2.24, 2.45) is 0 Å². The van der Waals surface area contributed by atoms with E-state index in [9.17, 15) is 4.79 Å². The zero-order valence-electron chi connectivity index (χ0n) is 9.37. The van der Waals surface area contributed by atoms with Crippen molar-refractivity contribution in [2.45, 2.75) is 26.3 Å². The van der Waals surface area contributed by atoms with Crippen molar-refractivity contribution in [1.82, 2.24) is 10.3 Å². The van der Waals surface area contributed by atoms with Crippen molar-refractivity contribution in [3.05, 3.63) is 24.0 Å². The molecule has 82 valence electrons. The maximum Gasteiger partial charge on any atom is 0.270 e. The average Bonchev–Trinajstić information content (AvgIpc) is 2.29. The number of carbonyl (C=O) groups excluding carboxylic acids is 1. The van der Waals surface area contributed by atoms with E-state index in [0.717, 1.165) is 12.1 Å². The van der Waals surface area contributed by atoms with Gasteiger partial charge in [0.15, 0.2) is 0 Å². The predicted octanol–water partition coefficient (Wildman–Crippen LogP) is 1.65. The van der Waals surface area contributed by atoms with E-state index in [4.69, 9.17) is 0 Å². The zero-order valence-corrected chi connectivity index (χ0v) is 9.37. The van der Waals surface area contributed by atoms with Crippen LogP contribution >= 0.6 is 0 Å². The standard InChI is InChI=1S/C11H17N3O/c1-4-8(2)14-11(15)10-6-5-9(12-3)7-13-10/h5-8,12H,4H2,1-3H3,(H,14,15). The minimum atomic E-state index is -0.119. The van der Waals surface area contributed by atoms with E-state index in [1.807, 2.05) is 27.0 Å². The number of amides is 1. The molecule has 2 N–H and O–H groups in total. The lowest BCUT2D eigenvalue weighted by Gasteiger charge is -2.10. The minimum Gasteiger partial charge on any atom is -0.387 e. The molecule has 1 unspecified atom stereocenters. The van der Waals surface area contributed by atoms with E-state index >= 15 is 0 Å². The monoisotopic (exact) mass is 207 g/mol. The van der Waals surface area contributed by atoms with Crippen molar-refractivity contribution >= 4 is 11.6 Å². The second-order valence-corrected chi connectivity index (χ2v) is 3.46. The molecule has 1 atom stereocenters. The summed E-state index contributed by atoms with van der Waals surface area (Å²) in [4.78, 5) is 15.7. The third kappa shape index (κ3) is 3.23. The molecule has 0 aliphatic rings. The number of hydrogen-bond acceptors (Lipinski definition) is 3. The average molecular weight is 207 g/mol. The number of nitrogens with one attached hydrogen (secondary N) is 2. The van der Waals surface area contributed by atoms with Crippen LogP contribution in [-0.2, 0) is 0 Å². The molecule has 0 aromatic carbocycles. The molecule has 1 aromatic heterocycles. The second kappa shape index (κ2) is 5.34. The Bertz CT molecular complexity index is 321. The van der Waals surface area contributed by atoms with Gasteiger partial charge in [-0.25, -0.2) is 4.98 Å². The van der Waals surface area contributed by atoms with Gasteiger partial charge >= 0.3 is 0 Å². The summed E-state index contributed by atoms with van der Waals surface area (Å²) in [7, 11) is 1.82. The lowest BCUT2D eigenvalue weighted by molar-refractivity contribution is 0.0934. The first kappa shape index (κ1) is 11.5. The minimum absolute atomic E-state index is 0.119. The van der Waals surface area contributed by atoms with Gasteiger partial charge < -0.3 is 10.6 Å². The highest BCUT2D eigenvalue weighted by Gasteiger charge is 2.08. The van der Waals surface area contributed by atoms with Crippen LogP contribution in [0.25, 0.3) is 0 Å². The first-order valence-corrected chi connectivity index (χ1v) is 5.12. The second-order valence-electron chi connectivity index (χ2n) is 3.46. The number of nitrogens with zero attached hydrogens (tertiary/aromatic N) is 1. The molecule has 0 fully saturated rings. The Morgan fingerprint density at radius 2 is 2.27 bits per heavy atom. The first-order valence-electron chi connectivity index (χ1n) is 5.12. The van der Waals surface area contributed by atoms with Crippen molar-refractivity contribution in [2.75, 3.05) is 12.4 Å². The van der Waals surface area contributed by atoms with Crippen LogP contribution in [0.5, 0.6) is 0 Å². The van der Waals surface area contributed by atoms with Crippen LogP contribution in [0.15, 0.2) is 18.3 Å². The van der Waals surface area contributed by atoms with E-state index in [2.05, 4.69) is 15.6 Å². The van der Waals surface area contributed by atoms with Crippen LogP contribution in [0.4, 0.5) is 5.69 Å². The van der Waals surface area contributed by atoms with Crippen molar-refractivity contribution in [3.8, 4) is 0 Å². The maximum absolute atomic E-state index is 11.6. The summed E-state index contributed by atoms with van der Waals surface area (Å²) in [5.74, 6) is -0.119. The highest BCUT2D eigenvalue weighted by molar-refractivity contribution is 5.92. The van der Waals surface area contributed by atoms with Gasteiger partial charge in [-0.05, 0) is 25.5 Å². The van der Waals surface area contributed by atoms with Gasteiger partial charge in [-0.2, -0.15) is 0 Å². The Balaban J connectivity index is 2.66. The smallest absolute Gasteiger partial charge is 0.270 e. The topological polar surface area (TPSA) is 54.0 Å². The lowest BCUT2D eigenvalue weighted by atomic mass is 10.2. The van der Waals surface area contributed by atoms with E-state index in [-0.39, 0.29) is 11.9 Å². The van der Waals surface area contributed by atoms with Gasteiger partial charge in [0.05, 0.1) is 11.9 Å². The molecule has 0 spiro atoms. The predicted molar refractivity (Wildman–Crippen MR) is 61.0 cm³/mol. The molecule has 0 aliphatic carbocycles. The van der Waals surface area contributed by atoms with Crippen LogP contribution in [0.2, 0.25) is 0 Å². The third-order valence-electron chi connectivity index (χ3n) is 2.27. The van der Waals surface area contributed by atoms with Gasteiger partial charge in [-0.1, -0.05) is 6.92 Å². The Morgan fingerprint density at radius 1 is 1.53 bits per heavy atom. The SMILES string of the molecule is CCC(C)NC(=O)c1ccc(NC)cn1. The fourth-order valence-corrected chi connectivity index (χ4v) is 1.08. The molecule has 1 heterocycles. The fourth-order valence-electron chi connectivity index (χ4n) is 1.08. The first-order chi connectivity index (χ1) is 7.17. The molecule has 0 aliphatic heterocycles. The number of hydrogen-bond donors (Lipinski definition) is 2. The Labute approximate surface area is 90.1 Å². The van der Waals surface area contributed by atoms with Crippen LogP contribution in [0.1, 0.15) is 30.8 Å². The molecule has 0 radical (unpaired) electrons. The van der Waals surface area contributed by atoms with Gasteiger partial charge in [-0.3, -0.25) is 4.79 Å². The van der Waals surface area contributed by atoms with Crippen molar-refractivity contribution in [3.63, 3.8) is 0 Å². The molecular formula is C11H17N3O. The van der Waals surface area contributed by atoms with E-state index in [1.54, 1.807) is 12.3 Å². The fraction of sp³-hybridized carbons (Fsp3) is 0.455. The summed E-state index contributed by atoms with van der Waals surface area (Å²) in [5.41, 5.74) is 1.35. The van der Waals surface area contributed by atoms with Crippen molar-refractivity contribution in [1.29, 1.82) is 0 Å². The van der Waals surface area contributed by atoms with Crippen LogP contribution in [0.3, 0.4) is 0 Å². The third-order valence-corrected chi connectivity index (χ3v) is 2.27. The Kier molecular flexibility index (Phi) is 4.09. The highest BCUT2D eigenvalue weighted by Crippen LogP contribution is 2.05. The van der Waals surface area contributed by atoms with Crippen LogP contribution in [0, 0.1) is 0 Å². The summed E-state index contributed by atoms with van der Waals surface area (Å²) in [6, 6.07) is 3.73. The molecular weight excluding hydrogens is 190 g/mol. The highest BCUT2D eigenvalue weighted by atomic mass is 16.1. The molecule has 0 saturated carbocycles. The molecule has 4 nitrogen and oxygen atoms in total. The molecule has 1 amide bonds. The van der Waals surface area contributed by atoms with Gasteiger partial charge in [0.1, 0.15) is 5.69 Å². The molecule has 15 heavy (non-hydrogen) atoms. The lowest BCUT2D eigenvalue weighted by Crippen LogP contribution is -2.32. The Hall–Kier alpha value is -1.58. The normalized spacial score (nSPS) is 11.9. The van der Waals surface area contributed by atoms with Gasteiger partial charge in [0, 0.05) is 13.1 Å². The van der Waals surface area contributed by atoms with E-state index in [0.29, 0.717) is 5.69 Å². The molecule has 1 aromatic rings. The molecule has 0 bridgehead atoms.